The first-order valence-corrected chi connectivity index (χ1v) is 6.73. The van der Waals surface area contributed by atoms with E-state index in [1.807, 2.05) is 6.92 Å². The normalized spacial score (nSPS) is 9.85. The maximum atomic E-state index is 12.3. The van der Waals surface area contributed by atoms with Gasteiger partial charge in [0.15, 0.2) is 0 Å². The molecule has 0 spiro atoms. The molecule has 102 valence electrons. The van der Waals surface area contributed by atoms with Crippen LogP contribution < -0.4 is 5.01 Å². The number of nitrogens with zero attached hydrogens (tertiary/aromatic N) is 3. The van der Waals surface area contributed by atoms with Crippen molar-refractivity contribution in [3.63, 3.8) is 0 Å². The van der Waals surface area contributed by atoms with Crippen LogP contribution in [0.1, 0.15) is 15.9 Å². The standard InChI is InChI=1S/C13H11N3O3S/c1-10-4-6-12(7-5-10)16(15-20(18)19)13(17)11-3-2-8-14-9-11/h2-9H,1H3. The summed E-state index contributed by atoms with van der Waals surface area (Å²) in [5.74, 6) is -0.564. The average molecular weight is 289 g/mol. The lowest BCUT2D eigenvalue weighted by atomic mass is 10.2. The van der Waals surface area contributed by atoms with Crippen molar-refractivity contribution in [2.24, 2.45) is 4.47 Å². The third-order valence-electron chi connectivity index (χ3n) is 2.53. The number of pyridine rings is 1. The second-order valence-electron chi connectivity index (χ2n) is 3.99. The van der Waals surface area contributed by atoms with Gasteiger partial charge in [-0.25, -0.2) is 0 Å². The first kappa shape index (κ1) is 13.9. The maximum absolute atomic E-state index is 12.3. The molecule has 6 nitrogen and oxygen atoms in total. The Morgan fingerprint density at radius 1 is 1.20 bits per heavy atom. The van der Waals surface area contributed by atoms with Crippen LogP contribution in [0.25, 0.3) is 0 Å². The molecule has 2 rings (SSSR count). The molecule has 0 aliphatic carbocycles. The van der Waals surface area contributed by atoms with Crippen molar-refractivity contribution < 1.29 is 13.2 Å². The average Bonchev–Trinajstić information content (AvgIpc) is 2.46. The Morgan fingerprint density at radius 2 is 1.90 bits per heavy atom. The van der Waals surface area contributed by atoms with Gasteiger partial charge in [-0.2, -0.15) is 13.4 Å². The third-order valence-corrected chi connectivity index (χ3v) is 2.82. The summed E-state index contributed by atoms with van der Waals surface area (Å²) in [5.41, 5.74) is 1.61. The number of amides is 1. The lowest BCUT2D eigenvalue weighted by Gasteiger charge is -2.14. The van der Waals surface area contributed by atoms with Crippen LogP contribution in [0.3, 0.4) is 0 Å². The molecule has 0 bridgehead atoms. The molecule has 0 aliphatic rings. The zero-order valence-corrected chi connectivity index (χ0v) is 11.4. The largest absolute Gasteiger partial charge is 0.333 e. The third kappa shape index (κ3) is 3.27. The zero-order valence-electron chi connectivity index (χ0n) is 10.6. The van der Waals surface area contributed by atoms with Crippen molar-refractivity contribution in [3.8, 4) is 0 Å². The van der Waals surface area contributed by atoms with Crippen LogP contribution >= 0.6 is 0 Å². The summed E-state index contributed by atoms with van der Waals surface area (Å²) >= 11 is 0. The summed E-state index contributed by atoms with van der Waals surface area (Å²) in [6.07, 6.45) is 2.88. The molecule has 0 radical (unpaired) electrons. The van der Waals surface area contributed by atoms with Gasteiger partial charge in [-0.15, -0.1) is 0 Å². The van der Waals surface area contributed by atoms with Crippen molar-refractivity contribution in [2.45, 2.75) is 6.92 Å². The molecular formula is C13H11N3O3S. The molecular weight excluding hydrogens is 278 g/mol. The molecule has 0 saturated carbocycles. The molecule has 1 amide bonds. The predicted octanol–water partition coefficient (Wildman–Crippen LogP) is 2.01. The van der Waals surface area contributed by atoms with E-state index in [0.29, 0.717) is 5.69 Å². The van der Waals surface area contributed by atoms with E-state index in [2.05, 4.69) is 9.46 Å². The fourth-order valence-corrected chi connectivity index (χ4v) is 1.87. The van der Waals surface area contributed by atoms with E-state index < -0.39 is 16.4 Å². The van der Waals surface area contributed by atoms with Gasteiger partial charge in [-0.3, -0.25) is 9.78 Å². The number of hydrogen-bond donors (Lipinski definition) is 0. The molecule has 0 unspecified atom stereocenters. The molecule has 20 heavy (non-hydrogen) atoms. The van der Waals surface area contributed by atoms with Gasteiger partial charge in [-0.1, -0.05) is 17.7 Å². The molecule has 0 atom stereocenters. The van der Waals surface area contributed by atoms with Crippen LogP contribution in [0, 0.1) is 6.92 Å². The minimum atomic E-state index is -2.74. The summed E-state index contributed by atoms with van der Waals surface area (Å²) < 4.78 is 24.9. The first-order valence-electron chi connectivity index (χ1n) is 5.70. The second kappa shape index (κ2) is 6.07. The number of aryl methyl sites for hydroxylation is 1. The minimum Gasteiger partial charge on any atom is -0.267 e. The molecule has 1 heterocycles. The summed E-state index contributed by atoms with van der Waals surface area (Å²) in [6, 6.07) is 9.92. The van der Waals surface area contributed by atoms with Gasteiger partial charge >= 0.3 is 10.5 Å². The summed E-state index contributed by atoms with van der Waals surface area (Å²) in [6.45, 7) is 1.89. The van der Waals surface area contributed by atoms with E-state index in [9.17, 15) is 13.2 Å². The minimum absolute atomic E-state index is 0.252. The molecule has 0 saturated heterocycles. The van der Waals surface area contributed by atoms with Gasteiger partial charge in [0.05, 0.1) is 11.3 Å². The van der Waals surface area contributed by atoms with E-state index in [1.54, 1.807) is 36.4 Å². The highest BCUT2D eigenvalue weighted by Gasteiger charge is 2.18. The van der Waals surface area contributed by atoms with Crippen LogP contribution in [0.5, 0.6) is 0 Å². The van der Waals surface area contributed by atoms with Gasteiger partial charge in [0.2, 0.25) is 0 Å². The van der Waals surface area contributed by atoms with E-state index >= 15 is 0 Å². The number of carbonyl (C=O) groups is 1. The SMILES string of the molecule is Cc1ccc(N(N=S(=O)=O)C(=O)c2cccnc2)cc1. The van der Waals surface area contributed by atoms with Crippen LogP contribution in [0.15, 0.2) is 53.3 Å². The Morgan fingerprint density at radius 3 is 2.45 bits per heavy atom. The highest BCUT2D eigenvalue weighted by atomic mass is 32.2. The van der Waals surface area contributed by atoms with Crippen molar-refractivity contribution in [3.05, 3.63) is 59.9 Å². The predicted molar refractivity (Wildman–Crippen MR) is 73.6 cm³/mol. The fourth-order valence-electron chi connectivity index (χ4n) is 1.57. The quantitative estimate of drug-likeness (QED) is 0.810. The molecule has 1 aromatic heterocycles. The fraction of sp³-hybridized carbons (Fsp3) is 0.0769. The van der Waals surface area contributed by atoms with Crippen molar-refractivity contribution in [1.29, 1.82) is 0 Å². The topological polar surface area (TPSA) is 79.7 Å². The van der Waals surface area contributed by atoms with Crippen LogP contribution in [-0.4, -0.2) is 19.3 Å². The van der Waals surface area contributed by atoms with Crippen molar-refractivity contribution in [1.82, 2.24) is 4.98 Å². The summed E-state index contributed by atoms with van der Waals surface area (Å²) in [4.78, 5) is 16.1. The molecule has 0 fully saturated rings. The van der Waals surface area contributed by atoms with Crippen LogP contribution in [0.2, 0.25) is 0 Å². The van der Waals surface area contributed by atoms with E-state index in [4.69, 9.17) is 0 Å². The van der Waals surface area contributed by atoms with E-state index in [-0.39, 0.29) is 5.56 Å². The number of rotatable bonds is 3. The molecule has 1 aromatic carbocycles. The second-order valence-corrected chi connectivity index (χ2v) is 4.59. The van der Waals surface area contributed by atoms with E-state index in [0.717, 1.165) is 10.6 Å². The highest BCUT2D eigenvalue weighted by Crippen LogP contribution is 2.18. The van der Waals surface area contributed by atoms with Gasteiger partial charge in [0.25, 0.3) is 5.91 Å². The van der Waals surface area contributed by atoms with Crippen LogP contribution in [0.4, 0.5) is 5.69 Å². The first-order chi connectivity index (χ1) is 9.58. The Bertz CT molecular complexity index is 732. The number of carbonyl (C=O) groups excluding carboxylic acids is 1. The Balaban J connectivity index is 2.46. The van der Waals surface area contributed by atoms with Gasteiger partial charge < -0.3 is 0 Å². The highest BCUT2D eigenvalue weighted by molar-refractivity contribution is 7.61. The zero-order chi connectivity index (χ0) is 14.5. The number of aromatic nitrogens is 1. The molecule has 7 heteroatoms. The van der Waals surface area contributed by atoms with Crippen molar-refractivity contribution in [2.75, 3.05) is 5.01 Å². The van der Waals surface area contributed by atoms with Gasteiger partial charge in [0.1, 0.15) is 0 Å². The number of hydrogen-bond acceptors (Lipinski definition) is 5. The Hall–Kier alpha value is -2.54. The lowest BCUT2D eigenvalue weighted by molar-refractivity contribution is 0.0987. The van der Waals surface area contributed by atoms with E-state index in [1.165, 1.54) is 12.4 Å². The number of benzene rings is 1. The smallest absolute Gasteiger partial charge is 0.267 e. The monoisotopic (exact) mass is 289 g/mol. The molecule has 0 N–H and O–H groups in total. The van der Waals surface area contributed by atoms with Crippen LogP contribution in [-0.2, 0) is 10.5 Å². The van der Waals surface area contributed by atoms with Gasteiger partial charge in [-0.05, 0) is 35.7 Å². The summed E-state index contributed by atoms with van der Waals surface area (Å²) in [5, 5.41) is 0.833. The van der Waals surface area contributed by atoms with Crippen molar-refractivity contribution >= 4 is 22.1 Å². The Kier molecular flexibility index (Phi) is 4.21. The lowest BCUT2D eigenvalue weighted by Crippen LogP contribution is -2.25. The number of anilines is 1. The molecule has 2 aromatic rings. The molecule has 0 aliphatic heterocycles. The summed E-state index contributed by atoms with van der Waals surface area (Å²) in [7, 11) is -2.74. The Labute approximate surface area is 117 Å². The van der Waals surface area contributed by atoms with Gasteiger partial charge in [0, 0.05) is 12.4 Å². The maximum Gasteiger partial charge on any atom is 0.333 e.